The molecule has 7 heteroatoms. The lowest BCUT2D eigenvalue weighted by Gasteiger charge is -2.32. The lowest BCUT2D eigenvalue weighted by molar-refractivity contribution is -0.605. The third-order valence-corrected chi connectivity index (χ3v) is 4.25. The highest BCUT2D eigenvalue weighted by atomic mass is 16.7. The van der Waals surface area contributed by atoms with Crippen LogP contribution in [-0.4, -0.2) is 30.8 Å². The zero-order chi connectivity index (χ0) is 17.3. The molecule has 1 aliphatic heterocycles. The molecular formula is C16H23BN2O4. The van der Waals surface area contributed by atoms with Crippen molar-refractivity contribution in [3.8, 4) is 0 Å². The first-order chi connectivity index (χ1) is 10.6. The van der Waals surface area contributed by atoms with Crippen LogP contribution in [0.25, 0.3) is 6.08 Å². The van der Waals surface area contributed by atoms with Gasteiger partial charge >= 0.3 is 7.12 Å². The smallest absolute Gasteiger partial charge is 0.492 e. The molecule has 0 aromatic carbocycles. The lowest BCUT2D eigenvalue weighted by Crippen LogP contribution is -2.41. The first kappa shape index (κ1) is 17.5. The standard InChI is InChI=1S/C16H23BN2O4/c1-12(20)18-10-14(9-13-7-6-8-19(21)11-13)17-22-15(2,3)16(4,5)23-17/h6-9,11H,10H2,1-5H3,(H,18,20). The van der Waals surface area contributed by atoms with Gasteiger partial charge in [0.2, 0.25) is 5.91 Å². The molecule has 0 radical (unpaired) electrons. The number of rotatable bonds is 4. The van der Waals surface area contributed by atoms with Crippen LogP contribution in [0.1, 0.15) is 40.2 Å². The van der Waals surface area contributed by atoms with Gasteiger partial charge in [0.05, 0.1) is 11.2 Å². The Morgan fingerprint density at radius 2 is 1.96 bits per heavy atom. The van der Waals surface area contributed by atoms with Gasteiger partial charge in [-0.25, -0.2) is 0 Å². The van der Waals surface area contributed by atoms with Gasteiger partial charge in [0.25, 0.3) is 0 Å². The molecule has 1 N–H and O–H groups in total. The summed E-state index contributed by atoms with van der Waals surface area (Å²) in [6.45, 7) is 9.62. The van der Waals surface area contributed by atoms with Crippen LogP contribution in [0, 0.1) is 5.21 Å². The molecule has 2 rings (SSSR count). The third-order valence-electron chi connectivity index (χ3n) is 4.25. The van der Waals surface area contributed by atoms with Crippen LogP contribution in [-0.2, 0) is 14.1 Å². The van der Waals surface area contributed by atoms with E-state index in [9.17, 15) is 10.0 Å². The van der Waals surface area contributed by atoms with Crippen molar-refractivity contribution in [2.75, 3.05) is 6.54 Å². The fraction of sp³-hybridized carbons (Fsp3) is 0.500. The minimum Gasteiger partial charge on any atom is -0.619 e. The summed E-state index contributed by atoms with van der Waals surface area (Å²) in [7, 11) is -0.577. The van der Waals surface area contributed by atoms with Crippen LogP contribution in [0.3, 0.4) is 0 Å². The van der Waals surface area contributed by atoms with Gasteiger partial charge in [0.1, 0.15) is 0 Å². The van der Waals surface area contributed by atoms with Crippen molar-refractivity contribution in [3.05, 3.63) is 40.8 Å². The fourth-order valence-electron chi connectivity index (χ4n) is 2.19. The van der Waals surface area contributed by atoms with Crippen LogP contribution in [0.4, 0.5) is 0 Å². The molecular weight excluding hydrogens is 295 g/mol. The van der Waals surface area contributed by atoms with E-state index >= 15 is 0 Å². The first-order valence-electron chi connectivity index (χ1n) is 7.60. The summed E-state index contributed by atoms with van der Waals surface area (Å²) in [4.78, 5) is 11.3. The second-order valence-electron chi connectivity index (χ2n) is 6.71. The van der Waals surface area contributed by atoms with Crippen molar-refractivity contribution >= 4 is 19.1 Å². The molecule has 124 valence electrons. The Morgan fingerprint density at radius 1 is 1.35 bits per heavy atom. The van der Waals surface area contributed by atoms with Gasteiger partial charge in [0.15, 0.2) is 12.4 Å². The number of carbonyl (C=O) groups excluding carboxylic acids is 1. The maximum atomic E-state index is 11.4. The van der Waals surface area contributed by atoms with Crippen molar-refractivity contribution in [2.45, 2.75) is 45.8 Å². The molecule has 0 bridgehead atoms. The van der Waals surface area contributed by atoms with Crippen molar-refractivity contribution in [3.63, 3.8) is 0 Å². The SMILES string of the molecule is CC(=O)NCC(=Cc1ccc[n+]([O-])c1)B1OC(C)(C)C(C)(C)O1. The number of amides is 1. The van der Waals surface area contributed by atoms with E-state index in [1.54, 1.807) is 6.07 Å². The predicted molar refractivity (Wildman–Crippen MR) is 88.1 cm³/mol. The van der Waals surface area contributed by atoms with E-state index < -0.39 is 18.3 Å². The van der Waals surface area contributed by atoms with Crippen LogP contribution < -0.4 is 10.0 Å². The van der Waals surface area contributed by atoms with Crippen LogP contribution in [0.5, 0.6) is 0 Å². The van der Waals surface area contributed by atoms with E-state index in [0.29, 0.717) is 6.54 Å². The zero-order valence-corrected chi connectivity index (χ0v) is 14.3. The molecule has 1 aromatic rings. The normalized spacial score (nSPS) is 19.7. The van der Waals surface area contributed by atoms with Gasteiger partial charge in [-0.2, -0.15) is 4.73 Å². The van der Waals surface area contributed by atoms with E-state index in [2.05, 4.69) is 5.32 Å². The summed E-state index contributed by atoms with van der Waals surface area (Å²) in [6, 6.07) is 3.48. The molecule has 0 spiro atoms. The van der Waals surface area contributed by atoms with Crippen molar-refractivity contribution in [1.29, 1.82) is 0 Å². The van der Waals surface area contributed by atoms with Gasteiger partial charge in [0, 0.05) is 25.1 Å². The summed E-state index contributed by atoms with van der Waals surface area (Å²) in [6.07, 6.45) is 4.69. The molecule has 23 heavy (non-hydrogen) atoms. The summed E-state index contributed by atoms with van der Waals surface area (Å²) in [5.41, 5.74) is 0.534. The Bertz CT molecular complexity index is 612. The van der Waals surface area contributed by atoms with Crippen LogP contribution in [0.15, 0.2) is 30.0 Å². The molecule has 1 aromatic heterocycles. The number of hydrogen-bond donors (Lipinski definition) is 1. The Balaban J connectivity index is 2.30. The monoisotopic (exact) mass is 318 g/mol. The van der Waals surface area contributed by atoms with Crippen LogP contribution in [0.2, 0.25) is 0 Å². The number of carbonyl (C=O) groups is 1. The average molecular weight is 318 g/mol. The van der Waals surface area contributed by atoms with E-state index in [1.165, 1.54) is 19.3 Å². The predicted octanol–water partition coefficient (Wildman–Crippen LogP) is 1.47. The fourth-order valence-corrected chi connectivity index (χ4v) is 2.19. The van der Waals surface area contributed by atoms with E-state index in [1.807, 2.05) is 39.8 Å². The Morgan fingerprint density at radius 3 is 2.48 bits per heavy atom. The van der Waals surface area contributed by atoms with E-state index in [0.717, 1.165) is 15.8 Å². The molecule has 6 nitrogen and oxygen atoms in total. The Labute approximate surface area is 137 Å². The number of nitrogens with one attached hydrogen (secondary N) is 1. The Hall–Kier alpha value is -1.86. The molecule has 1 saturated heterocycles. The minimum atomic E-state index is -0.577. The van der Waals surface area contributed by atoms with Crippen molar-refractivity contribution in [2.24, 2.45) is 0 Å². The van der Waals surface area contributed by atoms with E-state index in [-0.39, 0.29) is 5.91 Å². The maximum absolute atomic E-state index is 11.4. The summed E-state index contributed by atoms with van der Waals surface area (Å²) in [5.74, 6) is -0.139. The number of nitrogens with zero attached hydrogens (tertiary/aromatic N) is 1. The lowest BCUT2D eigenvalue weighted by atomic mass is 9.77. The highest BCUT2D eigenvalue weighted by Crippen LogP contribution is 2.38. The van der Waals surface area contributed by atoms with Crippen LogP contribution >= 0.6 is 0 Å². The summed E-state index contributed by atoms with van der Waals surface area (Å²) >= 11 is 0. The molecule has 0 saturated carbocycles. The first-order valence-corrected chi connectivity index (χ1v) is 7.60. The largest absolute Gasteiger partial charge is 0.619 e. The van der Waals surface area contributed by atoms with Gasteiger partial charge < -0.3 is 19.8 Å². The van der Waals surface area contributed by atoms with Gasteiger partial charge in [-0.15, -0.1) is 0 Å². The molecule has 1 amide bonds. The second-order valence-corrected chi connectivity index (χ2v) is 6.71. The maximum Gasteiger partial charge on any atom is 0.492 e. The van der Waals surface area contributed by atoms with Gasteiger partial charge in [-0.3, -0.25) is 4.79 Å². The topological polar surface area (TPSA) is 74.5 Å². The number of hydrogen-bond acceptors (Lipinski definition) is 4. The second kappa shape index (κ2) is 6.33. The molecule has 1 aliphatic rings. The highest BCUT2D eigenvalue weighted by molar-refractivity contribution is 6.56. The quantitative estimate of drug-likeness (QED) is 0.518. The highest BCUT2D eigenvalue weighted by Gasteiger charge is 2.52. The summed E-state index contributed by atoms with van der Waals surface area (Å²) < 4.78 is 12.8. The van der Waals surface area contributed by atoms with Crippen molar-refractivity contribution < 1.29 is 18.8 Å². The molecule has 1 fully saturated rings. The molecule has 2 heterocycles. The Kier molecular flexibility index (Phi) is 4.82. The minimum absolute atomic E-state index is 0.139. The van der Waals surface area contributed by atoms with Gasteiger partial charge in [-0.05, 0) is 39.2 Å². The third kappa shape index (κ3) is 4.12. The van der Waals surface area contributed by atoms with E-state index in [4.69, 9.17) is 9.31 Å². The summed E-state index contributed by atoms with van der Waals surface area (Å²) in [5, 5.41) is 14.2. The molecule has 0 aliphatic carbocycles. The molecule has 0 atom stereocenters. The number of pyridine rings is 1. The number of aromatic nitrogens is 1. The zero-order valence-electron chi connectivity index (χ0n) is 14.3. The van der Waals surface area contributed by atoms with Gasteiger partial charge in [-0.1, -0.05) is 6.08 Å². The van der Waals surface area contributed by atoms with Crippen molar-refractivity contribution in [1.82, 2.24) is 5.32 Å². The average Bonchev–Trinajstić information content (AvgIpc) is 2.63. The molecule has 0 unspecified atom stereocenters.